The number of thiophene rings is 1. The number of carbonyl (C=O) groups is 2. The number of amides is 2. The standard InChI is InChI=1S/C15H11NO4S/c1-20-10-6-3-2-5-9(10)16-14(18)12(13(17)15(16)19)11-7-4-8-21-11/h2-8,17H,1H3. The number of ether oxygens (including phenoxy) is 1. The van der Waals surface area contributed by atoms with Crippen LogP contribution in [0.2, 0.25) is 0 Å². The summed E-state index contributed by atoms with van der Waals surface area (Å²) in [6.07, 6.45) is 0. The fourth-order valence-corrected chi connectivity index (χ4v) is 2.96. The summed E-state index contributed by atoms with van der Waals surface area (Å²) in [5, 5.41) is 11.8. The van der Waals surface area contributed by atoms with E-state index in [1.54, 1.807) is 41.8 Å². The van der Waals surface area contributed by atoms with Crippen LogP contribution in [0.15, 0.2) is 47.5 Å². The van der Waals surface area contributed by atoms with Crippen LogP contribution >= 0.6 is 11.3 Å². The molecule has 1 aromatic heterocycles. The maximum absolute atomic E-state index is 12.5. The van der Waals surface area contributed by atoms with Crippen LogP contribution in [0.3, 0.4) is 0 Å². The van der Waals surface area contributed by atoms with Gasteiger partial charge in [0.1, 0.15) is 11.3 Å². The molecule has 0 radical (unpaired) electrons. The third-order valence-electron chi connectivity index (χ3n) is 3.15. The van der Waals surface area contributed by atoms with Crippen molar-refractivity contribution in [2.24, 2.45) is 0 Å². The zero-order chi connectivity index (χ0) is 15.0. The highest BCUT2D eigenvalue weighted by Gasteiger charge is 2.41. The number of methoxy groups -OCH3 is 1. The monoisotopic (exact) mass is 301 g/mol. The van der Waals surface area contributed by atoms with Gasteiger partial charge in [-0.2, -0.15) is 0 Å². The lowest BCUT2D eigenvalue weighted by molar-refractivity contribution is -0.121. The lowest BCUT2D eigenvalue weighted by Crippen LogP contribution is -2.31. The molecule has 1 aromatic carbocycles. The maximum Gasteiger partial charge on any atom is 0.301 e. The maximum atomic E-state index is 12.5. The van der Waals surface area contributed by atoms with Gasteiger partial charge in [0, 0.05) is 4.88 Å². The van der Waals surface area contributed by atoms with E-state index in [1.807, 2.05) is 0 Å². The van der Waals surface area contributed by atoms with Gasteiger partial charge in [0.05, 0.1) is 12.8 Å². The minimum atomic E-state index is -0.743. The van der Waals surface area contributed by atoms with Gasteiger partial charge < -0.3 is 9.84 Å². The normalized spacial score (nSPS) is 15.0. The van der Waals surface area contributed by atoms with Gasteiger partial charge in [-0.1, -0.05) is 18.2 Å². The summed E-state index contributed by atoms with van der Waals surface area (Å²) >= 11 is 1.29. The summed E-state index contributed by atoms with van der Waals surface area (Å²) in [5.41, 5.74) is 0.342. The minimum absolute atomic E-state index is 0.0286. The number of nitrogens with zero attached hydrogens (tertiary/aromatic N) is 1. The first kappa shape index (κ1) is 13.4. The Morgan fingerprint density at radius 1 is 1.10 bits per heavy atom. The van der Waals surface area contributed by atoms with Crippen molar-refractivity contribution in [2.75, 3.05) is 12.0 Å². The number of hydrogen-bond acceptors (Lipinski definition) is 5. The van der Waals surface area contributed by atoms with Gasteiger partial charge in [-0.3, -0.25) is 9.59 Å². The topological polar surface area (TPSA) is 66.8 Å². The first-order valence-corrected chi connectivity index (χ1v) is 7.02. The molecule has 1 aliphatic heterocycles. The van der Waals surface area contributed by atoms with Crippen molar-refractivity contribution in [3.8, 4) is 5.75 Å². The van der Waals surface area contributed by atoms with Crippen LogP contribution in [0.4, 0.5) is 5.69 Å². The van der Waals surface area contributed by atoms with Crippen LogP contribution in [0.5, 0.6) is 5.75 Å². The summed E-state index contributed by atoms with van der Waals surface area (Å²) in [6.45, 7) is 0. The molecule has 0 spiro atoms. The lowest BCUT2D eigenvalue weighted by atomic mass is 10.2. The van der Waals surface area contributed by atoms with E-state index in [0.29, 0.717) is 16.3 Å². The number of carbonyl (C=O) groups excluding carboxylic acids is 2. The number of hydrogen-bond donors (Lipinski definition) is 1. The van der Waals surface area contributed by atoms with Gasteiger partial charge in [-0.05, 0) is 23.6 Å². The molecule has 1 aliphatic rings. The molecule has 0 fully saturated rings. The van der Waals surface area contributed by atoms with Crippen molar-refractivity contribution in [2.45, 2.75) is 0 Å². The molecule has 5 nitrogen and oxygen atoms in total. The van der Waals surface area contributed by atoms with Crippen LogP contribution in [-0.2, 0) is 9.59 Å². The van der Waals surface area contributed by atoms with Crippen LogP contribution in [0, 0.1) is 0 Å². The molecule has 1 N–H and O–H groups in total. The second kappa shape index (κ2) is 5.06. The van der Waals surface area contributed by atoms with Gasteiger partial charge in [0.15, 0.2) is 5.76 Å². The van der Waals surface area contributed by atoms with E-state index >= 15 is 0 Å². The van der Waals surface area contributed by atoms with Crippen molar-refractivity contribution >= 4 is 34.4 Å². The third kappa shape index (κ3) is 2.00. The molecule has 0 bridgehead atoms. The highest BCUT2D eigenvalue weighted by atomic mass is 32.1. The first-order valence-electron chi connectivity index (χ1n) is 6.14. The van der Waals surface area contributed by atoms with Gasteiger partial charge in [-0.25, -0.2) is 4.90 Å². The lowest BCUT2D eigenvalue weighted by Gasteiger charge is -2.17. The van der Waals surface area contributed by atoms with E-state index in [1.165, 1.54) is 18.4 Å². The van der Waals surface area contributed by atoms with Crippen LogP contribution in [0.25, 0.3) is 5.57 Å². The third-order valence-corrected chi connectivity index (χ3v) is 4.04. The Morgan fingerprint density at radius 2 is 1.86 bits per heavy atom. The quantitative estimate of drug-likeness (QED) is 0.885. The van der Waals surface area contributed by atoms with E-state index in [4.69, 9.17) is 4.74 Å². The number of para-hydroxylation sites is 2. The molecule has 0 atom stereocenters. The highest BCUT2D eigenvalue weighted by molar-refractivity contribution is 7.11. The Bertz CT molecular complexity index is 749. The average molecular weight is 301 g/mol. The van der Waals surface area contributed by atoms with Gasteiger partial charge in [0.25, 0.3) is 5.91 Å². The largest absolute Gasteiger partial charge is 0.502 e. The Labute approximate surface area is 124 Å². The van der Waals surface area contributed by atoms with Crippen molar-refractivity contribution < 1.29 is 19.4 Å². The molecule has 0 saturated heterocycles. The number of aliphatic hydroxyl groups is 1. The van der Waals surface area contributed by atoms with E-state index < -0.39 is 17.6 Å². The second-order valence-corrected chi connectivity index (χ2v) is 5.27. The van der Waals surface area contributed by atoms with Crippen LogP contribution in [-0.4, -0.2) is 24.0 Å². The van der Waals surface area contributed by atoms with Gasteiger partial charge in [-0.15, -0.1) is 11.3 Å². The molecule has 2 aromatic rings. The van der Waals surface area contributed by atoms with Crippen LogP contribution < -0.4 is 9.64 Å². The van der Waals surface area contributed by atoms with E-state index in [-0.39, 0.29) is 5.57 Å². The van der Waals surface area contributed by atoms with Gasteiger partial charge >= 0.3 is 5.91 Å². The number of anilines is 1. The van der Waals surface area contributed by atoms with Crippen molar-refractivity contribution in [1.29, 1.82) is 0 Å². The molecule has 21 heavy (non-hydrogen) atoms. The second-order valence-electron chi connectivity index (χ2n) is 4.32. The Kier molecular flexibility index (Phi) is 3.23. The number of imide groups is 1. The average Bonchev–Trinajstić information content (AvgIpc) is 3.08. The summed E-state index contributed by atoms with van der Waals surface area (Å²) in [7, 11) is 1.46. The summed E-state index contributed by atoms with van der Waals surface area (Å²) < 4.78 is 5.17. The number of benzene rings is 1. The minimum Gasteiger partial charge on any atom is -0.502 e. The molecule has 0 saturated carbocycles. The molecular formula is C15H11NO4S. The Morgan fingerprint density at radius 3 is 2.52 bits per heavy atom. The predicted molar refractivity (Wildman–Crippen MR) is 79.4 cm³/mol. The Balaban J connectivity index is 2.09. The number of rotatable bonds is 3. The van der Waals surface area contributed by atoms with Crippen molar-refractivity contribution in [3.63, 3.8) is 0 Å². The summed E-state index contributed by atoms with van der Waals surface area (Å²) in [4.78, 5) is 26.3. The zero-order valence-corrected chi connectivity index (χ0v) is 11.9. The van der Waals surface area contributed by atoms with E-state index in [9.17, 15) is 14.7 Å². The number of aliphatic hydroxyl groups excluding tert-OH is 1. The highest BCUT2D eigenvalue weighted by Crippen LogP contribution is 2.37. The molecular weight excluding hydrogens is 290 g/mol. The summed E-state index contributed by atoms with van der Waals surface area (Å²) in [5.74, 6) is -1.44. The van der Waals surface area contributed by atoms with E-state index in [0.717, 1.165) is 4.90 Å². The molecule has 3 rings (SSSR count). The fraction of sp³-hybridized carbons (Fsp3) is 0.0667. The van der Waals surface area contributed by atoms with E-state index in [2.05, 4.69) is 0 Å². The van der Waals surface area contributed by atoms with Gasteiger partial charge in [0.2, 0.25) is 0 Å². The summed E-state index contributed by atoms with van der Waals surface area (Å²) in [6, 6.07) is 10.1. The van der Waals surface area contributed by atoms with Crippen molar-refractivity contribution in [3.05, 3.63) is 52.4 Å². The Hall–Kier alpha value is -2.60. The SMILES string of the molecule is COc1ccccc1N1C(=O)C(O)=C(c2cccs2)C1=O. The molecule has 106 valence electrons. The smallest absolute Gasteiger partial charge is 0.301 e. The first-order chi connectivity index (χ1) is 10.1. The molecule has 2 amide bonds. The van der Waals surface area contributed by atoms with Crippen LogP contribution in [0.1, 0.15) is 4.88 Å². The molecule has 0 unspecified atom stereocenters. The predicted octanol–water partition coefficient (Wildman–Crippen LogP) is 2.60. The van der Waals surface area contributed by atoms with Crippen molar-refractivity contribution in [1.82, 2.24) is 0 Å². The molecule has 6 heteroatoms. The zero-order valence-electron chi connectivity index (χ0n) is 11.1. The fourth-order valence-electron chi connectivity index (χ4n) is 2.19. The molecule has 2 heterocycles. The molecule has 0 aliphatic carbocycles.